The van der Waals surface area contributed by atoms with Crippen molar-refractivity contribution >= 4 is 29.9 Å². The fourth-order valence-corrected chi connectivity index (χ4v) is 3.01. The van der Waals surface area contributed by atoms with E-state index in [1.807, 2.05) is 0 Å². The lowest BCUT2D eigenvalue weighted by molar-refractivity contribution is -0.138. The van der Waals surface area contributed by atoms with Crippen molar-refractivity contribution in [3.8, 4) is 0 Å². The summed E-state index contributed by atoms with van der Waals surface area (Å²) in [6.07, 6.45) is 1.85. The van der Waals surface area contributed by atoms with Crippen LogP contribution < -0.4 is 11.1 Å². The second kappa shape index (κ2) is 5.31. The fraction of sp³-hybridized carbons (Fsp3) is 0.267. The number of amides is 4. The number of carbonyl (C=O) groups excluding carboxylic acids is 5. The zero-order chi connectivity index (χ0) is 16.7. The Balaban J connectivity index is 2.05. The average molecular weight is 314 g/mol. The maximum Gasteiger partial charge on any atom is 0.255 e. The molecule has 3 N–H and O–H groups in total. The molecule has 2 aliphatic heterocycles. The third-order valence-electron chi connectivity index (χ3n) is 4.02. The van der Waals surface area contributed by atoms with Gasteiger partial charge in [0.25, 0.3) is 5.91 Å². The minimum absolute atomic E-state index is 0.0649. The molecule has 0 aliphatic carbocycles. The Bertz CT molecular complexity index is 757. The van der Waals surface area contributed by atoms with Crippen molar-refractivity contribution in [1.29, 1.82) is 0 Å². The van der Waals surface area contributed by atoms with Gasteiger partial charge >= 0.3 is 0 Å². The number of piperidine rings is 1. The highest BCUT2D eigenvalue weighted by Gasteiger charge is 2.47. The summed E-state index contributed by atoms with van der Waals surface area (Å²) in [7, 11) is 0. The lowest BCUT2D eigenvalue weighted by Crippen LogP contribution is -2.55. The van der Waals surface area contributed by atoms with Crippen LogP contribution in [0.4, 0.5) is 0 Å². The third-order valence-corrected chi connectivity index (χ3v) is 4.02. The van der Waals surface area contributed by atoms with Crippen molar-refractivity contribution < 1.29 is 24.0 Å². The number of fused-ring (bicyclic) bond motifs is 1. The van der Waals surface area contributed by atoms with E-state index in [0.717, 1.165) is 4.90 Å². The van der Waals surface area contributed by atoms with E-state index in [-0.39, 0.29) is 24.0 Å². The second-order valence-corrected chi connectivity index (χ2v) is 5.39. The number of primary amides is 1. The minimum atomic E-state index is -1.11. The first-order valence-electron chi connectivity index (χ1n) is 6.92. The van der Waals surface area contributed by atoms with E-state index in [1.54, 1.807) is 6.29 Å². The number of imide groups is 1. The lowest BCUT2D eigenvalue weighted by atomic mass is 10.0. The number of hydrogen-bond donors (Lipinski definition) is 2. The molecule has 2 unspecified atom stereocenters. The maximum atomic E-state index is 12.6. The predicted octanol–water partition coefficient (Wildman–Crippen LogP) is -1.07. The molecule has 0 saturated carbocycles. The second-order valence-electron chi connectivity index (χ2n) is 5.39. The first kappa shape index (κ1) is 14.9. The van der Waals surface area contributed by atoms with E-state index >= 15 is 0 Å². The number of benzene rings is 1. The van der Waals surface area contributed by atoms with Crippen LogP contribution in [0, 0.1) is 0 Å². The van der Waals surface area contributed by atoms with Crippen molar-refractivity contribution in [1.82, 2.24) is 10.2 Å². The molecule has 1 saturated heterocycles. The molecule has 4 amide bonds. The number of nitrogens with two attached hydrogens (primary N) is 1. The molecule has 0 bridgehead atoms. The normalized spacial score (nSPS) is 23.5. The molecule has 1 fully saturated rings. The Hall–Kier alpha value is -3.03. The van der Waals surface area contributed by atoms with Crippen LogP contribution in [0.25, 0.3) is 0 Å². The molecule has 2 heterocycles. The molecule has 23 heavy (non-hydrogen) atoms. The van der Waals surface area contributed by atoms with Crippen molar-refractivity contribution in [3.63, 3.8) is 0 Å². The Kier molecular flexibility index (Phi) is 3.44. The van der Waals surface area contributed by atoms with Crippen LogP contribution in [0.5, 0.6) is 0 Å². The number of rotatable bonds is 3. The van der Waals surface area contributed by atoms with Crippen LogP contribution in [0.1, 0.15) is 40.4 Å². The van der Waals surface area contributed by atoms with Gasteiger partial charge < -0.3 is 10.6 Å². The predicted molar refractivity (Wildman–Crippen MR) is 75.5 cm³/mol. The molecule has 2 atom stereocenters. The highest BCUT2D eigenvalue weighted by atomic mass is 16.2. The van der Waals surface area contributed by atoms with Gasteiger partial charge in [-0.05, 0) is 18.1 Å². The molecule has 3 rings (SSSR count). The van der Waals surface area contributed by atoms with Crippen LogP contribution in [0.2, 0.25) is 0 Å². The van der Waals surface area contributed by atoms with Crippen LogP contribution in [0.3, 0.4) is 0 Å². The highest BCUT2D eigenvalue weighted by molar-refractivity contribution is 6.09. The number of nitrogens with one attached hydrogen (secondary N) is 1. The van der Waals surface area contributed by atoms with Gasteiger partial charge in [0, 0.05) is 17.5 Å². The standard InChI is InChI=1S/C15H12N3O5/c16-13(21)12-8-2-1-7(6-19)5-9(8)15(23)18(12)10-3-4-11(20)17-14(10)22/h1-2,5,10,12H,3-4H2,(H2,16,21)(H,17,20,22). The molecular weight excluding hydrogens is 302 g/mol. The Labute approximate surface area is 130 Å². The molecule has 117 valence electrons. The lowest BCUT2D eigenvalue weighted by Gasteiger charge is -2.33. The topological polar surface area (TPSA) is 127 Å². The van der Waals surface area contributed by atoms with Gasteiger partial charge in [-0.1, -0.05) is 12.1 Å². The van der Waals surface area contributed by atoms with E-state index in [1.165, 1.54) is 18.2 Å². The summed E-state index contributed by atoms with van der Waals surface area (Å²) in [5.41, 5.74) is 6.04. The quantitative estimate of drug-likeness (QED) is 0.687. The van der Waals surface area contributed by atoms with Crippen molar-refractivity contribution in [2.45, 2.75) is 24.9 Å². The number of nitrogens with zero attached hydrogens (tertiary/aromatic N) is 1. The van der Waals surface area contributed by atoms with Crippen LogP contribution in [0.15, 0.2) is 18.2 Å². The van der Waals surface area contributed by atoms with Crippen molar-refractivity contribution in [2.24, 2.45) is 5.73 Å². The molecule has 0 spiro atoms. The van der Waals surface area contributed by atoms with E-state index in [2.05, 4.69) is 5.32 Å². The Morgan fingerprint density at radius 3 is 2.65 bits per heavy atom. The maximum absolute atomic E-state index is 12.6. The van der Waals surface area contributed by atoms with E-state index in [9.17, 15) is 24.0 Å². The first-order chi connectivity index (χ1) is 10.9. The summed E-state index contributed by atoms with van der Waals surface area (Å²) < 4.78 is 0. The summed E-state index contributed by atoms with van der Waals surface area (Å²) in [6, 6.07) is 2.11. The smallest absolute Gasteiger partial charge is 0.255 e. The van der Waals surface area contributed by atoms with Gasteiger partial charge in [-0.25, -0.2) is 0 Å². The van der Waals surface area contributed by atoms with Gasteiger partial charge in [-0.15, -0.1) is 0 Å². The van der Waals surface area contributed by atoms with Crippen LogP contribution in [-0.4, -0.2) is 40.9 Å². The first-order valence-corrected chi connectivity index (χ1v) is 6.92. The van der Waals surface area contributed by atoms with Gasteiger partial charge in [-0.3, -0.25) is 29.3 Å². The molecule has 1 radical (unpaired) electrons. The molecule has 0 aromatic heterocycles. The minimum Gasteiger partial charge on any atom is -0.368 e. The van der Waals surface area contributed by atoms with Crippen molar-refractivity contribution in [2.75, 3.05) is 0 Å². The van der Waals surface area contributed by atoms with Gasteiger partial charge in [-0.2, -0.15) is 0 Å². The number of carbonyl (C=O) groups is 4. The molecule has 2 aliphatic rings. The van der Waals surface area contributed by atoms with Gasteiger partial charge in [0.2, 0.25) is 24.0 Å². The zero-order valence-electron chi connectivity index (χ0n) is 11.9. The summed E-state index contributed by atoms with van der Waals surface area (Å²) in [4.78, 5) is 59.6. The molecule has 8 heteroatoms. The summed E-state index contributed by atoms with van der Waals surface area (Å²) >= 11 is 0. The SMILES string of the molecule is NC(=O)C1c2ccc([C]=O)cc2C(=O)N1C1CCC(=O)NC1=O. The largest absolute Gasteiger partial charge is 0.368 e. The number of hydrogen-bond acceptors (Lipinski definition) is 5. The summed E-state index contributed by atoms with van der Waals surface area (Å²) in [5.74, 6) is -2.43. The third kappa shape index (κ3) is 2.28. The van der Waals surface area contributed by atoms with Crippen LogP contribution >= 0.6 is 0 Å². The average Bonchev–Trinajstić information content (AvgIpc) is 2.80. The molecule has 1 aromatic rings. The fourth-order valence-electron chi connectivity index (χ4n) is 3.01. The summed E-state index contributed by atoms with van der Waals surface area (Å²) in [6.45, 7) is 0. The van der Waals surface area contributed by atoms with Gasteiger partial charge in [0.15, 0.2) is 0 Å². The van der Waals surface area contributed by atoms with E-state index in [0.29, 0.717) is 5.56 Å². The molecule has 8 nitrogen and oxygen atoms in total. The van der Waals surface area contributed by atoms with E-state index < -0.39 is 35.7 Å². The van der Waals surface area contributed by atoms with Crippen LogP contribution in [-0.2, 0) is 19.2 Å². The monoisotopic (exact) mass is 314 g/mol. The van der Waals surface area contributed by atoms with Crippen molar-refractivity contribution in [3.05, 3.63) is 34.9 Å². The zero-order valence-corrected chi connectivity index (χ0v) is 11.9. The van der Waals surface area contributed by atoms with Gasteiger partial charge in [0.05, 0.1) is 0 Å². The molecular formula is C15H12N3O5. The van der Waals surface area contributed by atoms with E-state index in [4.69, 9.17) is 5.73 Å². The Morgan fingerprint density at radius 2 is 2.04 bits per heavy atom. The van der Waals surface area contributed by atoms with Gasteiger partial charge in [0.1, 0.15) is 12.1 Å². The Morgan fingerprint density at radius 1 is 1.30 bits per heavy atom. The molecule has 1 aromatic carbocycles. The summed E-state index contributed by atoms with van der Waals surface area (Å²) in [5, 5.41) is 2.15. The highest BCUT2D eigenvalue weighted by Crippen LogP contribution is 2.37.